The highest BCUT2D eigenvalue weighted by Crippen LogP contribution is 2.29. The van der Waals surface area contributed by atoms with E-state index in [1.54, 1.807) is 12.1 Å². The van der Waals surface area contributed by atoms with Gasteiger partial charge in [0.15, 0.2) is 5.16 Å². The van der Waals surface area contributed by atoms with Gasteiger partial charge in [-0.2, -0.15) is 0 Å². The maximum atomic E-state index is 12.2. The molecule has 9 heteroatoms. The first-order valence-electron chi connectivity index (χ1n) is 8.12. The summed E-state index contributed by atoms with van der Waals surface area (Å²) in [6, 6.07) is 7.08. The minimum Gasteiger partial charge on any atom is -0.448 e. The molecule has 1 aromatic heterocycles. The van der Waals surface area contributed by atoms with Gasteiger partial charge < -0.3 is 10.1 Å². The summed E-state index contributed by atoms with van der Waals surface area (Å²) in [5, 5.41) is 5.00. The van der Waals surface area contributed by atoms with Crippen LogP contribution in [0.15, 0.2) is 29.4 Å². The van der Waals surface area contributed by atoms with Crippen molar-refractivity contribution in [2.45, 2.75) is 31.8 Å². The number of nitrogens with one attached hydrogen (secondary N) is 1. The number of nitrogens with zero attached hydrogens (tertiary/aromatic N) is 3. The number of unbranched alkanes of at least 4 members (excludes halogenated alkanes) is 1. The van der Waals surface area contributed by atoms with Gasteiger partial charge in [-0.3, -0.25) is 0 Å². The first-order chi connectivity index (χ1) is 12.4. The quantitative estimate of drug-likeness (QED) is 0.135. The highest BCUT2D eigenvalue weighted by molar-refractivity contribution is 7.98. The standard InChI is InChI=1S/C17H22ClN5O2S/c1-4-5-8-25-17(24)23(19)13-7-6-11(2)9-12(13)20-15-10-14(18)21-16(22-15)26-3/h6-7,9-10H,4-5,8,19H2,1-3H3,(H,20,21,22). The summed E-state index contributed by atoms with van der Waals surface area (Å²) in [6.07, 6.45) is 2.97. The molecule has 2 aromatic rings. The van der Waals surface area contributed by atoms with E-state index in [0.717, 1.165) is 23.4 Å². The number of hydrogen-bond donors (Lipinski definition) is 2. The lowest BCUT2D eigenvalue weighted by atomic mass is 10.2. The monoisotopic (exact) mass is 395 g/mol. The lowest BCUT2D eigenvalue weighted by Crippen LogP contribution is -2.38. The predicted molar refractivity (Wildman–Crippen MR) is 106 cm³/mol. The van der Waals surface area contributed by atoms with Crippen molar-refractivity contribution in [1.82, 2.24) is 9.97 Å². The number of ether oxygens (including phenoxy) is 1. The first kappa shape index (κ1) is 20.3. The number of hydrogen-bond acceptors (Lipinski definition) is 7. The molecule has 1 heterocycles. The van der Waals surface area contributed by atoms with Crippen LogP contribution in [0.5, 0.6) is 0 Å². The second kappa shape index (κ2) is 9.61. The molecule has 2 rings (SSSR count). The van der Waals surface area contributed by atoms with Crippen LogP contribution in [0, 0.1) is 6.92 Å². The molecule has 140 valence electrons. The molecule has 26 heavy (non-hydrogen) atoms. The van der Waals surface area contributed by atoms with Gasteiger partial charge in [0, 0.05) is 6.07 Å². The summed E-state index contributed by atoms with van der Waals surface area (Å²) in [4.78, 5) is 20.6. The molecule has 0 saturated carbocycles. The van der Waals surface area contributed by atoms with E-state index in [4.69, 9.17) is 22.2 Å². The maximum absolute atomic E-state index is 12.2. The van der Waals surface area contributed by atoms with E-state index < -0.39 is 6.09 Å². The normalized spacial score (nSPS) is 10.5. The molecule has 0 saturated heterocycles. The summed E-state index contributed by atoms with van der Waals surface area (Å²) < 4.78 is 5.17. The van der Waals surface area contributed by atoms with Gasteiger partial charge in [-0.05, 0) is 37.3 Å². The van der Waals surface area contributed by atoms with E-state index >= 15 is 0 Å². The van der Waals surface area contributed by atoms with Crippen molar-refractivity contribution >= 4 is 46.6 Å². The number of thioether (sulfide) groups is 1. The minimum atomic E-state index is -0.615. The Balaban J connectivity index is 2.27. The fourth-order valence-electron chi connectivity index (χ4n) is 2.12. The average molecular weight is 396 g/mol. The van der Waals surface area contributed by atoms with Gasteiger partial charge in [-0.1, -0.05) is 42.8 Å². The van der Waals surface area contributed by atoms with Gasteiger partial charge >= 0.3 is 6.09 Å². The Morgan fingerprint density at radius 3 is 2.85 bits per heavy atom. The van der Waals surface area contributed by atoms with Crippen LogP contribution in [0.2, 0.25) is 5.15 Å². The molecular formula is C17H22ClN5O2S. The van der Waals surface area contributed by atoms with Crippen LogP contribution in [0.4, 0.5) is 22.0 Å². The number of aryl methyl sites for hydroxylation is 1. The lowest BCUT2D eigenvalue weighted by Gasteiger charge is -2.20. The molecule has 0 bridgehead atoms. The number of amides is 1. The number of aromatic nitrogens is 2. The SMILES string of the molecule is CCCCOC(=O)N(N)c1ccc(C)cc1Nc1cc(Cl)nc(SC)n1. The number of nitrogens with two attached hydrogens (primary N) is 1. The first-order valence-corrected chi connectivity index (χ1v) is 9.72. The molecule has 7 nitrogen and oxygen atoms in total. The number of hydrazine groups is 1. The van der Waals surface area contributed by atoms with Crippen molar-refractivity contribution < 1.29 is 9.53 Å². The third kappa shape index (κ3) is 5.48. The smallest absolute Gasteiger partial charge is 0.428 e. The molecule has 0 aliphatic rings. The Morgan fingerprint density at radius 1 is 1.38 bits per heavy atom. The molecule has 0 atom stereocenters. The predicted octanol–water partition coefficient (Wildman–Crippen LogP) is 4.52. The zero-order chi connectivity index (χ0) is 19.1. The number of carbonyl (C=O) groups is 1. The third-order valence-corrected chi connectivity index (χ3v) is 4.19. The van der Waals surface area contributed by atoms with Gasteiger partial charge in [-0.25, -0.2) is 25.6 Å². The Labute approximate surface area is 162 Å². The highest BCUT2D eigenvalue weighted by atomic mass is 35.5. The van der Waals surface area contributed by atoms with Gasteiger partial charge in [-0.15, -0.1) is 0 Å². The Hall–Kier alpha value is -2.03. The number of benzene rings is 1. The zero-order valence-electron chi connectivity index (χ0n) is 15.0. The molecule has 0 unspecified atom stereocenters. The molecule has 1 amide bonds. The third-order valence-electron chi connectivity index (χ3n) is 3.45. The fourth-order valence-corrected chi connectivity index (χ4v) is 2.73. The van der Waals surface area contributed by atoms with E-state index in [0.29, 0.717) is 34.1 Å². The number of rotatable bonds is 7. The Morgan fingerprint density at radius 2 is 2.15 bits per heavy atom. The van der Waals surface area contributed by atoms with Crippen LogP contribution in [0.25, 0.3) is 0 Å². The van der Waals surface area contributed by atoms with Crippen LogP contribution >= 0.6 is 23.4 Å². The van der Waals surface area contributed by atoms with Crippen molar-refractivity contribution in [3.05, 3.63) is 35.0 Å². The van der Waals surface area contributed by atoms with Crippen LogP contribution < -0.4 is 16.2 Å². The van der Waals surface area contributed by atoms with Crippen LogP contribution in [-0.4, -0.2) is 28.9 Å². The zero-order valence-corrected chi connectivity index (χ0v) is 16.5. The fraction of sp³-hybridized carbons (Fsp3) is 0.353. The van der Waals surface area contributed by atoms with Crippen LogP contribution in [0.3, 0.4) is 0 Å². The molecule has 0 aliphatic carbocycles. The summed E-state index contributed by atoms with van der Waals surface area (Å²) in [6.45, 7) is 4.29. The maximum Gasteiger partial charge on any atom is 0.428 e. The van der Waals surface area contributed by atoms with Crippen molar-refractivity contribution in [3.8, 4) is 0 Å². The topological polar surface area (TPSA) is 93.4 Å². The van der Waals surface area contributed by atoms with Gasteiger partial charge in [0.25, 0.3) is 0 Å². The van der Waals surface area contributed by atoms with Crippen molar-refractivity contribution in [3.63, 3.8) is 0 Å². The molecular weight excluding hydrogens is 374 g/mol. The number of anilines is 3. The van der Waals surface area contributed by atoms with E-state index in [1.807, 2.05) is 32.2 Å². The van der Waals surface area contributed by atoms with Gasteiger partial charge in [0.1, 0.15) is 11.0 Å². The van der Waals surface area contributed by atoms with Gasteiger partial charge in [0.05, 0.1) is 18.0 Å². The van der Waals surface area contributed by atoms with E-state index in [9.17, 15) is 4.79 Å². The second-order valence-electron chi connectivity index (χ2n) is 5.55. The Kier molecular flexibility index (Phi) is 7.50. The summed E-state index contributed by atoms with van der Waals surface area (Å²) in [7, 11) is 0. The van der Waals surface area contributed by atoms with Crippen LogP contribution in [0.1, 0.15) is 25.3 Å². The number of carbonyl (C=O) groups excluding carboxylic acids is 1. The lowest BCUT2D eigenvalue weighted by molar-refractivity contribution is 0.152. The molecule has 1 aromatic carbocycles. The van der Waals surface area contributed by atoms with Crippen LogP contribution in [-0.2, 0) is 4.74 Å². The van der Waals surface area contributed by atoms with E-state index in [-0.39, 0.29) is 0 Å². The molecule has 0 fully saturated rings. The molecule has 0 spiro atoms. The largest absolute Gasteiger partial charge is 0.448 e. The van der Waals surface area contributed by atoms with Gasteiger partial charge in [0.2, 0.25) is 0 Å². The van der Waals surface area contributed by atoms with E-state index in [2.05, 4.69) is 15.3 Å². The van der Waals surface area contributed by atoms with Crippen molar-refractivity contribution in [2.24, 2.45) is 5.84 Å². The summed E-state index contributed by atoms with van der Waals surface area (Å²) in [5.74, 6) is 6.48. The molecule has 3 N–H and O–H groups in total. The second-order valence-corrected chi connectivity index (χ2v) is 6.71. The average Bonchev–Trinajstić information content (AvgIpc) is 2.61. The Bertz CT molecular complexity index is 775. The van der Waals surface area contributed by atoms with Crippen molar-refractivity contribution in [2.75, 3.05) is 23.2 Å². The highest BCUT2D eigenvalue weighted by Gasteiger charge is 2.17. The summed E-state index contributed by atoms with van der Waals surface area (Å²) >= 11 is 7.42. The minimum absolute atomic E-state index is 0.324. The number of halogens is 1. The van der Waals surface area contributed by atoms with E-state index in [1.165, 1.54) is 11.8 Å². The molecule has 0 aliphatic heterocycles. The van der Waals surface area contributed by atoms with Crippen molar-refractivity contribution in [1.29, 1.82) is 0 Å². The summed E-state index contributed by atoms with van der Waals surface area (Å²) in [5.41, 5.74) is 2.08. The molecule has 0 radical (unpaired) electrons.